The largest absolute Gasteiger partial charge is 0.317 e. The lowest BCUT2D eigenvalue weighted by atomic mass is 10.1. The zero-order valence-electron chi connectivity index (χ0n) is 17.4. The van der Waals surface area contributed by atoms with Gasteiger partial charge in [-0.25, -0.2) is 4.98 Å². The predicted octanol–water partition coefficient (Wildman–Crippen LogP) is 4.46. The molecule has 5 nitrogen and oxygen atoms in total. The molecule has 1 aliphatic rings. The highest BCUT2D eigenvalue weighted by atomic mass is 16.2. The van der Waals surface area contributed by atoms with Crippen LogP contribution in [0.4, 0.5) is 5.69 Å². The van der Waals surface area contributed by atoms with Crippen molar-refractivity contribution in [3.05, 3.63) is 60.4 Å². The molecule has 1 amide bonds. The number of likely N-dealkylation sites (tertiary alicyclic amines) is 1. The molecule has 1 aliphatic heterocycles. The molecule has 1 saturated heterocycles. The Morgan fingerprint density at radius 3 is 2.41 bits per heavy atom. The number of fused-ring (bicyclic) bond motifs is 1. The van der Waals surface area contributed by atoms with Crippen molar-refractivity contribution in [1.29, 1.82) is 0 Å². The van der Waals surface area contributed by atoms with E-state index in [1.165, 1.54) is 19.3 Å². The maximum Gasteiger partial charge on any atom is 0.247 e. The molecule has 5 heteroatoms. The van der Waals surface area contributed by atoms with E-state index in [1.807, 2.05) is 53.4 Å². The fourth-order valence-corrected chi connectivity index (χ4v) is 4.27. The van der Waals surface area contributed by atoms with Crippen LogP contribution in [0.2, 0.25) is 0 Å². The lowest BCUT2D eigenvalue weighted by molar-refractivity contribution is -0.119. The van der Waals surface area contributed by atoms with Gasteiger partial charge < -0.3 is 9.47 Å². The summed E-state index contributed by atoms with van der Waals surface area (Å²) in [5, 5.41) is 0. The van der Waals surface area contributed by atoms with Gasteiger partial charge in [-0.3, -0.25) is 9.69 Å². The predicted molar refractivity (Wildman–Crippen MR) is 118 cm³/mol. The third-order valence-corrected chi connectivity index (χ3v) is 5.66. The maximum absolute atomic E-state index is 13.4. The van der Waals surface area contributed by atoms with E-state index in [1.54, 1.807) is 0 Å². The van der Waals surface area contributed by atoms with Crippen molar-refractivity contribution in [3.8, 4) is 0 Å². The van der Waals surface area contributed by atoms with Crippen LogP contribution in [0.5, 0.6) is 0 Å². The maximum atomic E-state index is 13.4. The summed E-state index contributed by atoms with van der Waals surface area (Å²) in [5.74, 6) is 1.08. The second-order valence-corrected chi connectivity index (χ2v) is 8.13. The summed E-state index contributed by atoms with van der Waals surface area (Å²) in [4.78, 5) is 22.6. The molecule has 29 heavy (non-hydrogen) atoms. The van der Waals surface area contributed by atoms with E-state index < -0.39 is 0 Å². The molecule has 1 aromatic heterocycles. The standard InChI is InChI=1S/C24H30N4O/c1-19(2)28(20-11-5-3-6-12-20)24(29)18-27-22-14-8-7-13-21(22)25-23(27)17-26-15-9-4-10-16-26/h3,5-8,11-14,19H,4,9-10,15-18H2,1-2H3. The molecule has 2 aromatic carbocycles. The Balaban J connectivity index is 1.65. The molecule has 0 saturated carbocycles. The number of aromatic nitrogens is 2. The Kier molecular flexibility index (Phi) is 5.95. The number of carbonyl (C=O) groups is 1. The summed E-state index contributed by atoms with van der Waals surface area (Å²) in [6, 6.07) is 18.2. The number of hydrogen-bond donors (Lipinski definition) is 0. The number of carbonyl (C=O) groups excluding carboxylic acids is 1. The third-order valence-electron chi connectivity index (χ3n) is 5.66. The summed E-state index contributed by atoms with van der Waals surface area (Å²) in [5.41, 5.74) is 2.93. The van der Waals surface area contributed by atoms with Crippen LogP contribution in [0.3, 0.4) is 0 Å². The minimum Gasteiger partial charge on any atom is -0.317 e. The summed E-state index contributed by atoms with van der Waals surface area (Å²) >= 11 is 0. The quantitative estimate of drug-likeness (QED) is 0.624. The molecular weight excluding hydrogens is 360 g/mol. The second kappa shape index (κ2) is 8.78. The topological polar surface area (TPSA) is 41.4 Å². The van der Waals surface area contributed by atoms with E-state index in [0.717, 1.165) is 42.2 Å². The van der Waals surface area contributed by atoms with Crippen LogP contribution >= 0.6 is 0 Å². The summed E-state index contributed by atoms with van der Waals surface area (Å²) in [6.07, 6.45) is 3.80. The van der Waals surface area contributed by atoms with Gasteiger partial charge in [0.2, 0.25) is 5.91 Å². The number of para-hydroxylation sites is 3. The molecule has 3 aromatic rings. The molecule has 0 spiro atoms. The Hall–Kier alpha value is -2.66. The lowest BCUT2D eigenvalue weighted by Crippen LogP contribution is -2.39. The van der Waals surface area contributed by atoms with Gasteiger partial charge in [-0.05, 0) is 64.0 Å². The highest BCUT2D eigenvalue weighted by Gasteiger charge is 2.23. The average Bonchev–Trinajstić information content (AvgIpc) is 3.06. The molecule has 0 radical (unpaired) electrons. The highest BCUT2D eigenvalue weighted by Crippen LogP contribution is 2.22. The van der Waals surface area contributed by atoms with Crippen LogP contribution < -0.4 is 4.90 Å². The van der Waals surface area contributed by atoms with Gasteiger partial charge in [0, 0.05) is 11.7 Å². The van der Waals surface area contributed by atoms with E-state index in [2.05, 4.69) is 29.4 Å². The molecule has 0 unspecified atom stereocenters. The number of benzene rings is 2. The fourth-order valence-electron chi connectivity index (χ4n) is 4.27. The van der Waals surface area contributed by atoms with Crippen molar-refractivity contribution >= 4 is 22.6 Å². The second-order valence-electron chi connectivity index (χ2n) is 8.13. The minimum atomic E-state index is 0.0882. The number of piperidine rings is 1. The normalized spacial score (nSPS) is 15.1. The van der Waals surface area contributed by atoms with Crippen molar-refractivity contribution in [1.82, 2.24) is 14.5 Å². The Morgan fingerprint density at radius 2 is 1.69 bits per heavy atom. The van der Waals surface area contributed by atoms with Gasteiger partial charge in [0.25, 0.3) is 0 Å². The number of rotatable bonds is 6. The molecule has 4 rings (SSSR count). The number of nitrogens with zero attached hydrogens (tertiary/aromatic N) is 4. The molecule has 1 fully saturated rings. The SMILES string of the molecule is CC(C)N(C(=O)Cn1c(CN2CCCCC2)nc2ccccc21)c1ccccc1. The Bertz CT molecular complexity index is 957. The molecule has 0 N–H and O–H groups in total. The summed E-state index contributed by atoms with van der Waals surface area (Å²) in [7, 11) is 0. The van der Waals surface area contributed by atoms with E-state index in [0.29, 0.717) is 6.54 Å². The van der Waals surface area contributed by atoms with Gasteiger partial charge in [-0.2, -0.15) is 0 Å². The Labute approximate surface area is 172 Å². The number of amides is 1. The van der Waals surface area contributed by atoms with Crippen molar-refractivity contribution < 1.29 is 4.79 Å². The van der Waals surface area contributed by atoms with E-state index >= 15 is 0 Å². The number of imidazole rings is 1. The van der Waals surface area contributed by atoms with Crippen molar-refractivity contribution in [2.24, 2.45) is 0 Å². The first-order chi connectivity index (χ1) is 14.1. The summed E-state index contributed by atoms with van der Waals surface area (Å²) < 4.78 is 2.12. The van der Waals surface area contributed by atoms with Crippen LogP contribution in [0.25, 0.3) is 11.0 Å². The molecule has 2 heterocycles. The molecule has 152 valence electrons. The Morgan fingerprint density at radius 1 is 1.00 bits per heavy atom. The van der Waals surface area contributed by atoms with E-state index in [-0.39, 0.29) is 11.9 Å². The molecule has 0 atom stereocenters. The first kappa shape index (κ1) is 19.6. The van der Waals surface area contributed by atoms with Crippen LogP contribution in [0.1, 0.15) is 38.9 Å². The summed E-state index contributed by atoms with van der Waals surface area (Å²) in [6.45, 7) is 7.45. The third kappa shape index (κ3) is 4.35. The van der Waals surface area contributed by atoms with Crippen LogP contribution in [0.15, 0.2) is 54.6 Å². The van der Waals surface area contributed by atoms with Gasteiger partial charge in [0.1, 0.15) is 12.4 Å². The zero-order chi connectivity index (χ0) is 20.2. The number of anilines is 1. The number of hydrogen-bond acceptors (Lipinski definition) is 3. The van der Waals surface area contributed by atoms with Crippen LogP contribution in [-0.4, -0.2) is 39.5 Å². The van der Waals surface area contributed by atoms with E-state index in [9.17, 15) is 4.79 Å². The first-order valence-electron chi connectivity index (χ1n) is 10.7. The van der Waals surface area contributed by atoms with Gasteiger partial charge in [0.15, 0.2) is 0 Å². The fraction of sp³-hybridized carbons (Fsp3) is 0.417. The van der Waals surface area contributed by atoms with Crippen LogP contribution in [-0.2, 0) is 17.9 Å². The van der Waals surface area contributed by atoms with Gasteiger partial charge >= 0.3 is 0 Å². The average molecular weight is 391 g/mol. The van der Waals surface area contributed by atoms with E-state index in [4.69, 9.17) is 4.98 Å². The van der Waals surface area contributed by atoms with Crippen LogP contribution in [0, 0.1) is 0 Å². The molecule has 0 aliphatic carbocycles. The van der Waals surface area contributed by atoms with Crippen molar-refractivity contribution in [2.75, 3.05) is 18.0 Å². The first-order valence-corrected chi connectivity index (χ1v) is 10.7. The van der Waals surface area contributed by atoms with Crippen molar-refractivity contribution in [3.63, 3.8) is 0 Å². The molecule has 0 bridgehead atoms. The zero-order valence-corrected chi connectivity index (χ0v) is 17.4. The lowest BCUT2D eigenvalue weighted by Gasteiger charge is -2.28. The van der Waals surface area contributed by atoms with Gasteiger partial charge in [0.05, 0.1) is 17.6 Å². The van der Waals surface area contributed by atoms with Gasteiger partial charge in [-0.1, -0.05) is 36.8 Å². The monoisotopic (exact) mass is 390 g/mol. The minimum absolute atomic E-state index is 0.0882. The highest BCUT2D eigenvalue weighted by molar-refractivity contribution is 5.94. The van der Waals surface area contributed by atoms with Crippen molar-refractivity contribution in [2.45, 2.75) is 52.2 Å². The molecular formula is C24H30N4O. The smallest absolute Gasteiger partial charge is 0.247 e. The van der Waals surface area contributed by atoms with Gasteiger partial charge in [-0.15, -0.1) is 0 Å².